The van der Waals surface area contributed by atoms with Gasteiger partial charge in [0.2, 0.25) is 0 Å². The highest BCUT2D eigenvalue weighted by Crippen LogP contribution is 2.21. The number of methoxy groups -OCH3 is 1. The van der Waals surface area contributed by atoms with Crippen LogP contribution in [-0.2, 0) is 11.3 Å². The summed E-state index contributed by atoms with van der Waals surface area (Å²) in [5.41, 5.74) is 7.44. The number of hydrogen-bond donors (Lipinski definition) is 2. The molecule has 2 aromatic rings. The molecule has 1 heterocycles. The summed E-state index contributed by atoms with van der Waals surface area (Å²) in [4.78, 5) is 11.3. The number of nitrogens with one attached hydrogen (secondary N) is 1. The van der Waals surface area contributed by atoms with Crippen LogP contribution in [0.25, 0.3) is 0 Å². The lowest BCUT2D eigenvalue weighted by Crippen LogP contribution is -2.05. The summed E-state index contributed by atoms with van der Waals surface area (Å²) in [5.74, 6) is 0.287. The van der Waals surface area contributed by atoms with Crippen molar-refractivity contribution in [2.45, 2.75) is 6.54 Å². The number of nitrogens with two attached hydrogens (primary N) is 1. The summed E-state index contributed by atoms with van der Waals surface area (Å²) in [6.07, 6.45) is 1.57. The third-order valence-electron chi connectivity index (χ3n) is 2.42. The van der Waals surface area contributed by atoms with Crippen LogP contribution in [0.3, 0.4) is 0 Å². The van der Waals surface area contributed by atoms with Gasteiger partial charge in [0.15, 0.2) is 5.76 Å². The number of nitrogens with zero attached hydrogens (tertiary/aromatic N) is 1. The summed E-state index contributed by atoms with van der Waals surface area (Å²) in [7, 11) is 1.33. The molecule has 0 fully saturated rings. The predicted octanol–water partition coefficient (Wildman–Crippen LogP) is 1.66. The van der Waals surface area contributed by atoms with Crippen molar-refractivity contribution in [1.29, 1.82) is 0 Å². The smallest absolute Gasteiger partial charge is 0.337 e. The minimum atomic E-state index is -0.413. The summed E-state index contributed by atoms with van der Waals surface area (Å²) < 4.78 is 9.56. The van der Waals surface area contributed by atoms with Crippen LogP contribution in [0, 0.1) is 0 Å². The maximum atomic E-state index is 11.3. The molecule has 0 radical (unpaired) electrons. The van der Waals surface area contributed by atoms with E-state index < -0.39 is 5.97 Å². The molecule has 6 nitrogen and oxygen atoms in total. The van der Waals surface area contributed by atoms with E-state index in [1.807, 2.05) is 0 Å². The van der Waals surface area contributed by atoms with Gasteiger partial charge in [-0.3, -0.25) is 0 Å². The van der Waals surface area contributed by atoms with Crippen molar-refractivity contribution in [3.05, 3.63) is 41.8 Å². The van der Waals surface area contributed by atoms with Crippen LogP contribution in [0.1, 0.15) is 16.1 Å². The fourth-order valence-corrected chi connectivity index (χ4v) is 1.48. The number of carbonyl (C=O) groups is 1. The molecule has 0 unspecified atom stereocenters. The number of nitrogen functional groups attached to an aromatic ring is 1. The Morgan fingerprint density at radius 1 is 1.50 bits per heavy atom. The van der Waals surface area contributed by atoms with E-state index in [1.165, 1.54) is 7.11 Å². The number of esters is 1. The van der Waals surface area contributed by atoms with Gasteiger partial charge in [0, 0.05) is 6.07 Å². The molecule has 0 spiro atoms. The third-order valence-corrected chi connectivity index (χ3v) is 2.42. The molecule has 2 rings (SSSR count). The van der Waals surface area contributed by atoms with Crippen LogP contribution in [0.4, 0.5) is 11.4 Å². The van der Waals surface area contributed by atoms with E-state index in [1.54, 1.807) is 30.5 Å². The van der Waals surface area contributed by atoms with Crippen LogP contribution in [-0.4, -0.2) is 18.2 Å². The first-order valence-corrected chi connectivity index (χ1v) is 5.32. The van der Waals surface area contributed by atoms with Gasteiger partial charge in [-0.25, -0.2) is 4.79 Å². The van der Waals surface area contributed by atoms with E-state index in [9.17, 15) is 4.79 Å². The Morgan fingerprint density at radius 2 is 2.33 bits per heavy atom. The van der Waals surface area contributed by atoms with Crippen molar-refractivity contribution in [2.75, 3.05) is 18.2 Å². The predicted molar refractivity (Wildman–Crippen MR) is 66.0 cm³/mol. The molecule has 1 aromatic heterocycles. The Kier molecular flexibility index (Phi) is 3.47. The lowest BCUT2D eigenvalue weighted by molar-refractivity contribution is 0.0601. The normalized spacial score (nSPS) is 10.1. The van der Waals surface area contributed by atoms with Gasteiger partial charge in [0.05, 0.1) is 36.8 Å². The topological polar surface area (TPSA) is 90.4 Å². The molecular formula is C12H13N3O3. The minimum absolute atomic E-state index is 0.413. The summed E-state index contributed by atoms with van der Waals surface area (Å²) in [6.45, 7) is 0.474. The highest BCUT2D eigenvalue weighted by molar-refractivity contribution is 5.91. The molecule has 0 aliphatic carbocycles. The SMILES string of the molecule is COC(=O)c1ccc(NCc2ccno2)c(N)c1. The maximum absolute atomic E-state index is 11.3. The first kappa shape index (κ1) is 12.0. The van der Waals surface area contributed by atoms with Gasteiger partial charge in [-0.1, -0.05) is 5.16 Å². The molecule has 0 bridgehead atoms. The molecule has 0 aliphatic rings. The number of anilines is 2. The van der Waals surface area contributed by atoms with Crippen molar-refractivity contribution >= 4 is 17.3 Å². The van der Waals surface area contributed by atoms with Crippen LogP contribution < -0.4 is 11.1 Å². The average Bonchev–Trinajstić information content (AvgIpc) is 2.89. The quantitative estimate of drug-likeness (QED) is 0.630. The molecule has 94 valence electrons. The second-order valence-corrected chi connectivity index (χ2v) is 3.63. The van der Waals surface area contributed by atoms with E-state index in [-0.39, 0.29) is 0 Å². The van der Waals surface area contributed by atoms with E-state index in [2.05, 4.69) is 15.2 Å². The Labute approximate surface area is 104 Å². The molecule has 0 saturated carbocycles. The van der Waals surface area contributed by atoms with Crippen LogP contribution in [0.15, 0.2) is 35.0 Å². The largest absolute Gasteiger partial charge is 0.465 e. The molecule has 18 heavy (non-hydrogen) atoms. The Bertz CT molecular complexity index is 538. The highest BCUT2D eigenvalue weighted by Gasteiger charge is 2.08. The standard InChI is InChI=1S/C12H13N3O3/c1-17-12(16)8-2-3-11(10(13)6-8)14-7-9-4-5-15-18-9/h2-6,14H,7,13H2,1H3. The number of benzene rings is 1. The van der Waals surface area contributed by atoms with E-state index >= 15 is 0 Å². The molecule has 1 aromatic carbocycles. The lowest BCUT2D eigenvalue weighted by atomic mass is 10.1. The number of carbonyl (C=O) groups excluding carboxylic acids is 1. The maximum Gasteiger partial charge on any atom is 0.337 e. The van der Waals surface area contributed by atoms with Gasteiger partial charge in [-0.2, -0.15) is 0 Å². The second kappa shape index (κ2) is 5.22. The molecule has 0 amide bonds. The fraction of sp³-hybridized carbons (Fsp3) is 0.167. The Balaban J connectivity index is 2.08. The number of hydrogen-bond acceptors (Lipinski definition) is 6. The van der Waals surface area contributed by atoms with E-state index in [4.69, 9.17) is 10.3 Å². The zero-order chi connectivity index (χ0) is 13.0. The monoisotopic (exact) mass is 247 g/mol. The molecule has 3 N–H and O–H groups in total. The average molecular weight is 247 g/mol. The molecular weight excluding hydrogens is 234 g/mol. The second-order valence-electron chi connectivity index (χ2n) is 3.63. The van der Waals surface area contributed by atoms with Crippen LogP contribution in [0.5, 0.6) is 0 Å². The van der Waals surface area contributed by atoms with Crippen molar-refractivity contribution in [3.63, 3.8) is 0 Å². The first-order valence-electron chi connectivity index (χ1n) is 5.32. The minimum Gasteiger partial charge on any atom is -0.465 e. The van der Waals surface area contributed by atoms with Gasteiger partial charge in [0.25, 0.3) is 0 Å². The summed E-state index contributed by atoms with van der Waals surface area (Å²) in [5, 5.41) is 6.69. The van der Waals surface area contributed by atoms with Gasteiger partial charge in [-0.05, 0) is 18.2 Å². The van der Waals surface area contributed by atoms with E-state index in [0.717, 1.165) is 5.69 Å². The van der Waals surface area contributed by atoms with Crippen molar-refractivity contribution in [3.8, 4) is 0 Å². The number of aromatic nitrogens is 1. The van der Waals surface area contributed by atoms with Crippen molar-refractivity contribution < 1.29 is 14.1 Å². The highest BCUT2D eigenvalue weighted by atomic mass is 16.5. The molecule has 6 heteroatoms. The first-order chi connectivity index (χ1) is 8.70. The third kappa shape index (κ3) is 2.60. The van der Waals surface area contributed by atoms with Crippen LogP contribution in [0.2, 0.25) is 0 Å². The molecule has 0 atom stereocenters. The summed E-state index contributed by atoms with van der Waals surface area (Å²) in [6, 6.07) is 6.68. The Morgan fingerprint density at radius 3 is 2.94 bits per heavy atom. The van der Waals surface area contributed by atoms with Gasteiger partial charge in [0.1, 0.15) is 0 Å². The van der Waals surface area contributed by atoms with Gasteiger partial charge >= 0.3 is 5.97 Å². The number of rotatable bonds is 4. The summed E-state index contributed by atoms with van der Waals surface area (Å²) >= 11 is 0. The fourth-order valence-electron chi connectivity index (χ4n) is 1.48. The lowest BCUT2D eigenvalue weighted by Gasteiger charge is -2.08. The zero-order valence-corrected chi connectivity index (χ0v) is 9.84. The zero-order valence-electron chi connectivity index (χ0n) is 9.84. The molecule has 0 aliphatic heterocycles. The Hall–Kier alpha value is -2.50. The van der Waals surface area contributed by atoms with Crippen molar-refractivity contribution in [2.24, 2.45) is 0 Å². The van der Waals surface area contributed by atoms with Gasteiger partial charge in [-0.15, -0.1) is 0 Å². The van der Waals surface area contributed by atoms with E-state index in [0.29, 0.717) is 23.6 Å². The van der Waals surface area contributed by atoms with Crippen molar-refractivity contribution in [1.82, 2.24) is 5.16 Å². The van der Waals surface area contributed by atoms with Crippen LogP contribution >= 0.6 is 0 Å². The molecule has 0 saturated heterocycles. The number of ether oxygens (including phenoxy) is 1. The van der Waals surface area contributed by atoms with Gasteiger partial charge < -0.3 is 20.3 Å².